The van der Waals surface area contributed by atoms with Crippen LogP contribution in [0.2, 0.25) is 5.02 Å². The molecule has 4 rings (SSSR count). The zero-order valence-corrected chi connectivity index (χ0v) is 24.6. The molecular weight excluding hydrogens is 541 g/mol. The van der Waals surface area contributed by atoms with Crippen LogP contribution in [0.15, 0.2) is 89.0 Å². The van der Waals surface area contributed by atoms with E-state index in [0.29, 0.717) is 35.9 Å². The molecule has 1 aliphatic heterocycles. The molecule has 2 aromatic carbocycles. The summed E-state index contributed by atoms with van der Waals surface area (Å²) in [6.45, 7) is 11.4. The van der Waals surface area contributed by atoms with Crippen molar-refractivity contribution in [3.63, 3.8) is 0 Å². The van der Waals surface area contributed by atoms with E-state index in [1.807, 2.05) is 65.8 Å². The molecule has 1 saturated heterocycles. The lowest BCUT2D eigenvalue weighted by Gasteiger charge is -2.34. The number of pyridine rings is 1. The lowest BCUT2D eigenvalue weighted by molar-refractivity contribution is 0.123. The van der Waals surface area contributed by atoms with Gasteiger partial charge in [0.1, 0.15) is 12.4 Å². The normalized spacial score (nSPS) is 16.0. The molecule has 0 spiro atoms. The Morgan fingerprint density at radius 2 is 1.93 bits per heavy atom. The summed E-state index contributed by atoms with van der Waals surface area (Å²) < 4.78 is 17.4. The van der Waals surface area contributed by atoms with Gasteiger partial charge in [-0.2, -0.15) is 0 Å². The molecule has 0 amide bonds. The number of nitrogens with zero attached hydrogens (tertiary/aromatic N) is 4. The van der Waals surface area contributed by atoms with Gasteiger partial charge in [-0.3, -0.25) is 4.79 Å². The van der Waals surface area contributed by atoms with E-state index in [4.69, 9.17) is 22.2 Å². The van der Waals surface area contributed by atoms with Crippen LogP contribution in [-0.4, -0.2) is 55.1 Å². The van der Waals surface area contributed by atoms with Gasteiger partial charge in [0.05, 0.1) is 16.8 Å². The van der Waals surface area contributed by atoms with E-state index in [1.54, 1.807) is 18.3 Å². The third-order valence-electron chi connectivity index (χ3n) is 7.35. The molecule has 1 unspecified atom stereocenters. The van der Waals surface area contributed by atoms with Crippen LogP contribution in [0.25, 0.3) is 10.9 Å². The van der Waals surface area contributed by atoms with Gasteiger partial charge >= 0.3 is 0 Å². The highest BCUT2D eigenvalue weighted by Crippen LogP contribution is 2.27. The van der Waals surface area contributed by atoms with Gasteiger partial charge in [-0.05, 0) is 49.4 Å². The van der Waals surface area contributed by atoms with E-state index in [1.165, 1.54) is 6.07 Å². The van der Waals surface area contributed by atoms with E-state index >= 15 is 4.39 Å². The quantitative estimate of drug-likeness (QED) is 0.148. The molecular formula is C32H37ClFN5O2. The zero-order valence-electron chi connectivity index (χ0n) is 23.8. The van der Waals surface area contributed by atoms with Crippen molar-refractivity contribution in [3.05, 3.63) is 111 Å². The monoisotopic (exact) mass is 577 g/mol. The SMILES string of the molecule is C=C/C=C\C(=C/C)C(C)CO/N=C(\N)c1cn(Cc2ccc(Cl)cc2)c2cc(N3CCN(C)CC3)c(F)cc2c1=O. The van der Waals surface area contributed by atoms with E-state index in [9.17, 15) is 4.79 Å². The summed E-state index contributed by atoms with van der Waals surface area (Å²) in [6, 6.07) is 10.5. The molecule has 41 heavy (non-hydrogen) atoms. The van der Waals surface area contributed by atoms with Gasteiger partial charge < -0.3 is 24.9 Å². The summed E-state index contributed by atoms with van der Waals surface area (Å²) in [5.41, 5.74) is 9.13. The van der Waals surface area contributed by atoms with Crippen molar-refractivity contribution in [1.29, 1.82) is 0 Å². The number of hydrogen-bond acceptors (Lipinski definition) is 5. The van der Waals surface area contributed by atoms with Gasteiger partial charge in [-0.1, -0.05) is 66.7 Å². The van der Waals surface area contributed by atoms with E-state index < -0.39 is 11.2 Å². The van der Waals surface area contributed by atoms with Gasteiger partial charge in [0.25, 0.3) is 0 Å². The fourth-order valence-electron chi connectivity index (χ4n) is 4.88. The number of aromatic nitrogens is 1. The number of anilines is 1. The molecule has 1 atom stereocenters. The Labute approximate surface area is 245 Å². The van der Waals surface area contributed by atoms with Crippen LogP contribution < -0.4 is 16.1 Å². The van der Waals surface area contributed by atoms with Crippen LogP contribution >= 0.6 is 11.6 Å². The van der Waals surface area contributed by atoms with Crippen molar-refractivity contribution in [2.45, 2.75) is 20.4 Å². The maximum atomic E-state index is 15.5. The Hall–Kier alpha value is -3.88. The number of piperazine rings is 1. The lowest BCUT2D eigenvalue weighted by atomic mass is 10.0. The Morgan fingerprint density at radius 3 is 2.59 bits per heavy atom. The number of amidine groups is 1. The maximum Gasteiger partial charge on any atom is 0.200 e. The second-order valence-electron chi connectivity index (χ2n) is 10.3. The average molecular weight is 578 g/mol. The third kappa shape index (κ3) is 7.26. The summed E-state index contributed by atoms with van der Waals surface area (Å²) in [5, 5.41) is 4.92. The Balaban J connectivity index is 1.72. The second kappa shape index (κ2) is 13.7. The Kier molecular flexibility index (Phi) is 10.0. The van der Waals surface area contributed by atoms with Gasteiger partial charge in [0, 0.05) is 55.2 Å². The molecule has 1 aromatic heterocycles. The number of hydrogen-bond donors (Lipinski definition) is 1. The molecule has 7 nitrogen and oxygen atoms in total. The summed E-state index contributed by atoms with van der Waals surface area (Å²) in [7, 11) is 2.05. The number of halogens is 2. The zero-order chi connectivity index (χ0) is 29.5. The first-order valence-corrected chi connectivity index (χ1v) is 14.0. The molecule has 0 saturated carbocycles. The summed E-state index contributed by atoms with van der Waals surface area (Å²) in [5.74, 6) is -0.476. The molecule has 2 heterocycles. The van der Waals surface area contributed by atoms with Crippen molar-refractivity contribution in [1.82, 2.24) is 9.47 Å². The van der Waals surface area contributed by atoms with Crippen molar-refractivity contribution >= 4 is 34.0 Å². The number of fused-ring (bicyclic) bond motifs is 1. The molecule has 1 aliphatic rings. The lowest BCUT2D eigenvalue weighted by Crippen LogP contribution is -2.44. The van der Waals surface area contributed by atoms with E-state index in [0.717, 1.165) is 24.2 Å². The van der Waals surface area contributed by atoms with Gasteiger partial charge in [0.15, 0.2) is 5.84 Å². The molecule has 1 fully saturated rings. The van der Waals surface area contributed by atoms with Crippen LogP contribution in [0, 0.1) is 11.7 Å². The molecule has 216 valence electrons. The molecule has 0 bridgehead atoms. The Bertz CT molecular complexity index is 1540. The minimum absolute atomic E-state index is 0.0352. The fraction of sp³-hybridized carbons (Fsp3) is 0.312. The van der Waals surface area contributed by atoms with E-state index in [-0.39, 0.29) is 29.3 Å². The van der Waals surface area contributed by atoms with Crippen molar-refractivity contribution < 1.29 is 9.23 Å². The van der Waals surface area contributed by atoms with Gasteiger partial charge in [0.2, 0.25) is 5.43 Å². The number of rotatable bonds is 10. The van der Waals surface area contributed by atoms with Gasteiger partial charge in [-0.25, -0.2) is 4.39 Å². The Morgan fingerprint density at radius 1 is 1.22 bits per heavy atom. The number of allylic oxidation sites excluding steroid dienone is 4. The first-order valence-electron chi connectivity index (χ1n) is 13.7. The highest BCUT2D eigenvalue weighted by molar-refractivity contribution is 6.30. The number of benzene rings is 2. The van der Waals surface area contributed by atoms with Gasteiger partial charge in [-0.15, -0.1) is 0 Å². The highest BCUT2D eigenvalue weighted by Gasteiger charge is 2.21. The largest absolute Gasteiger partial charge is 0.393 e. The molecule has 0 aliphatic carbocycles. The van der Waals surface area contributed by atoms with Crippen LogP contribution in [0.1, 0.15) is 25.0 Å². The molecule has 3 aromatic rings. The van der Waals surface area contributed by atoms with Crippen molar-refractivity contribution in [2.24, 2.45) is 16.8 Å². The second-order valence-corrected chi connectivity index (χ2v) is 10.7. The predicted molar refractivity (Wildman–Crippen MR) is 167 cm³/mol. The topological polar surface area (TPSA) is 76.1 Å². The first-order chi connectivity index (χ1) is 19.7. The number of oxime groups is 1. The molecule has 2 N–H and O–H groups in total. The first kappa shape index (κ1) is 30.1. The van der Waals surface area contributed by atoms with Crippen molar-refractivity contribution in [2.75, 3.05) is 44.7 Å². The minimum atomic E-state index is -0.443. The van der Waals surface area contributed by atoms with Crippen LogP contribution in [-0.2, 0) is 11.4 Å². The third-order valence-corrected chi connectivity index (χ3v) is 7.60. The standard InChI is InChI=1S/C32H37ClFN5O2/c1-5-7-8-24(6-2)22(3)21-41-36-32(35)27-20-39(19-23-9-11-25(33)12-10-23)29-18-30(28(34)17-26(29)31(27)40)38-15-13-37(4)14-16-38/h5-12,17-18,20,22H,1,13-16,19,21H2,2-4H3,(H2,35,36)/b8-7-,24-6+. The van der Waals surface area contributed by atoms with Crippen LogP contribution in [0.4, 0.5) is 10.1 Å². The summed E-state index contributed by atoms with van der Waals surface area (Å²) in [6.07, 6.45) is 9.18. The highest BCUT2D eigenvalue weighted by atomic mass is 35.5. The minimum Gasteiger partial charge on any atom is -0.393 e. The average Bonchev–Trinajstić information content (AvgIpc) is 2.96. The maximum absolute atomic E-state index is 15.5. The van der Waals surface area contributed by atoms with Crippen molar-refractivity contribution in [3.8, 4) is 0 Å². The number of nitrogens with two attached hydrogens (primary N) is 1. The number of likely N-dealkylation sites (N-methyl/N-ethyl adjacent to an activating group) is 1. The summed E-state index contributed by atoms with van der Waals surface area (Å²) >= 11 is 6.10. The van der Waals surface area contributed by atoms with E-state index in [2.05, 4.69) is 23.7 Å². The fourth-order valence-corrected chi connectivity index (χ4v) is 5.00. The smallest absolute Gasteiger partial charge is 0.200 e. The summed E-state index contributed by atoms with van der Waals surface area (Å²) in [4.78, 5) is 23.4. The molecule has 0 radical (unpaired) electrons. The predicted octanol–water partition coefficient (Wildman–Crippen LogP) is 5.56. The molecule has 9 heteroatoms. The van der Waals surface area contributed by atoms with Crippen LogP contribution in [0.3, 0.4) is 0 Å². The van der Waals surface area contributed by atoms with Crippen LogP contribution in [0.5, 0.6) is 0 Å².